The van der Waals surface area contributed by atoms with Gasteiger partial charge in [-0.2, -0.15) is 0 Å². The lowest BCUT2D eigenvalue weighted by molar-refractivity contribution is -0.384. The maximum Gasteiger partial charge on any atom is 0.269 e. The van der Waals surface area contributed by atoms with Gasteiger partial charge in [0.1, 0.15) is 4.91 Å². The lowest BCUT2D eigenvalue weighted by atomic mass is 10.1. The summed E-state index contributed by atoms with van der Waals surface area (Å²) in [6.07, 6.45) is 1.24. The number of carbonyl (C=O) groups excluding carboxylic acids is 1. The lowest BCUT2D eigenvalue weighted by Gasteiger charge is -2.10. The quantitative estimate of drug-likeness (QED) is 0.220. The van der Waals surface area contributed by atoms with Crippen LogP contribution in [0.3, 0.4) is 0 Å². The fraction of sp³-hybridized carbons (Fsp3) is 0.0455. The summed E-state index contributed by atoms with van der Waals surface area (Å²) in [5.74, 6) is -1.04. The average Bonchev–Trinajstić information content (AvgIpc) is 2.74. The van der Waals surface area contributed by atoms with Crippen LogP contribution in [0.15, 0.2) is 83.8 Å². The van der Waals surface area contributed by atoms with E-state index in [1.54, 1.807) is 42.5 Å². The van der Waals surface area contributed by atoms with Gasteiger partial charge in [0.05, 0.1) is 10.7 Å². The Morgan fingerprint density at radius 2 is 1.53 bits per heavy atom. The predicted octanol–water partition coefficient (Wildman–Crippen LogP) is 5.09. The van der Waals surface area contributed by atoms with Crippen molar-refractivity contribution < 1.29 is 18.1 Å². The van der Waals surface area contributed by atoms with Crippen molar-refractivity contribution in [2.24, 2.45) is 0 Å². The highest BCUT2D eigenvalue weighted by molar-refractivity contribution is 7.95. The highest BCUT2D eigenvalue weighted by Crippen LogP contribution is 2.24. The molecular formula is C22H16ClNO5S. The molecule has 0 spiro atoms. The summed E-state index contributed by atoms with van der Waals surface area (Å²) in [6.45, 7) is 0. The first-order valence-corrected chi connectivity index (χ1v) is 10.8. The molecule has 0 aliphatic rings. The molecule has 0 radical (unpaired) electrons. The van der Waals surface area contributed by atoms with Crippen molar-refractivity contribution in [1.29, 1.82) is 0 Å². The van der Waals surface area contributed by atoms with Crippen molar-refractivity contribution in [3.05, 3.63) is 116 Å². The number of Topliss-reactive ketones (excluding diaryl/α,β-unsaturated/α-hetero) is 1. The topological polar surface area (TPSA) is 94.3 Å². The SMILES string of the molecule is O=C(C(=Cc1ccc([N+](=O)[O-])cc1)S(=O)(=O)Cc1ccc(Cl)cc1)c1ccccc1. The molecule has 0 unspecified atom stereocenters. The van der Waals surface area contributed by atoms with Gasteiger partial charge < -0.3 is 0 Å². The highest BCUT2D eigenvalue weighted by Gasteiger charge is 2.26. The van der Waals surface area contributed by atoms with Crippen LogP contribution in [0.4, 0.5) is 5.69 Å². The molecular weight excluding hydrogens is 426 g/mol. The number of halogens is 1. The van der Waals surface area contributed by atoms with Crippen molar-refractivity contribution in [2.75, 3.05) is 0 Å². The first-order chi connectivity index (χ1) is 14.3. The van der Waals surface area contributed by atoms with Crippen LogP contribution >= 0.6 is 11.6 Å². The second-order valence-electron chi connectivity index (χ2n) is 6.44. The number of carbonyl (C=O) groups is 1. The van der Waals surface area contributed by atoms with Crippen molar-refractivity contribution in [2.45, 2.75) is 5.75 Å². The number of hydrogen-bond acceptors (Lipinski definition) is 5. The molecule has 0 aromatic heterocycles. The van der Waals surface area contributed by atoms with Crippen LogP contribution in [-0.4, -0.2) is 19.1 Å². The minimum absolute atomic E-state index is 0.132. The zero-order valence-electron chi connectivity index (χ0n) is 15.6. The molecule has 3 aromatic rings. The Balaban J connectivity index is 2.05. The number of sulfone groups is 1. The number of nitro benzene ring substituents is 1. The molecule has 0 aliphatic carbocycles. The molecule has 0 saturated carbocycles. The van der Waals surface area contributed by atoms with Gasteiger partial charge in [-0.05, 0) is 41.5 Å². The fourth-order valence-corrected chi connectivity index (χ4v) is 4.38. The normalized spacial score (nSPS) is 11.8. The van der Waals surface area contributed by atoms with Gasteiger partial charge in [-0.25, -0.2) is 8.42 Å². The van der Waals surface area contributed by atoms with Crippen molar-refractivity contribution >= 4 is 39.0 Å². The molecule has 0 bridgehead atoms. The predicted molar refractivity (Wildman–Crippen MR) is 116 cm³/mol. The van der Waals surface area contributed by atoms with E-state index in [0.717, 1.165) is 0 Å². The monoisotopic (exact) mass is 441 g/mol. The maximum atomic E-state index is 13.1. The third-order valence-corrected chi connectivity index (χ3v) is 6.21. The standard InChI is InChI=1S/C22H16ClNO5S/c23-19-10-6-17(7-11-19)15-30(28,29)21(22(25)18-4-2-1-3-5-18)14-16-8-12-20(13-9-16)24(26)27/h1-14H,15H2. The number of rotatable bonds is 7. The number of allylic oxidation sites excluding steroid dienone is 1. The van der Waals surface area contributed by atoms with Crippen LogP contribution in [0.25, 0.3) is 6.08 Å². The Bertz CT molecular complexity index is 1200. The van der Waals surface area contributed by atoms with Gasteiger partial charge in [-0.3, -0.25) is 14.9 Å². The minimum atomic E-state index is -4.03. The molecule has 8 heteroatoms. The molecule has 0 atom stereocenters. The smallest absolute Gasteiger partial charge is 0.269 e. The third kappa shape index (κ3) is 5.20. The van der Waals surface area contributed by atoms with Gasteiger partial charge in [0.25, 0.3) is 5.69 Å². The molecule has 152 valence electrons. The summed E-state index contributed by atoms with van der Waals surface area (Å²) in [6, 6.07) is 19.7. The zero-order chi connectivity index (χ0) is 21.7. The molecule has 6 nitrogen and oxygen atoms in total. The largest absolute Gasteiger partial charge is 0.288 e. The molecule has 0 heterocycles. The summed E-state index contributed by atoms with van der Waals surface area (Å²) in [5.41, 5.74) is 0.937. The number of ketones is 1. The van der Waals surface area contributed by atoms with E-state index in [0.29, 0.717) is 16.1 Å². The summed E-state index contributed by atoms with van der Waals surface area (Å²) in [7, 11) is -4.03. The highest BCUT2D eigenvalue weighted by atomic mass is 35.5. The van der Waals surface area contributed by atoms with Crippen LogP contribution in [0.1, 0.15) is 21.5 Å². The Morgan fingerprint density at radius 3 is 2.10 bits per heavy atom. The molecule has 3 aromatic carbocycles. The van der Waals surface area contributed by atoms with Crippen molar-refractivity contribution in [3.63, 3.8) is 0 Å². The number of benzene rings is 3. The van der Waals surface area contributed by atoms with Crippen LogP contribution < -0.4 is 0 Å². The number of hydrogen-bond donors (Lipinski definition) is 0. The Morgan fingerprint density at radius 1 is 0.933 bits per heavy atom. The molecule has 0 fully saturated rings. The summed E-state index contributed by atoms with van der Waals surface area (Å²) < 4.78 is 26.3. The van der Waals surface area contributed by atoms with Gasteiger partial charge >= 0.3 is 0 Å². The summed E-state index contributed by atoms with van der Waals surface area (Å²) in [5, 5.41) is 11.3. The Kier molecular flexibility index (Phi) is 6.44. The van der Waals surface area contributed by atoms with Crippen LogP contribution in [-0.2, 0) is 15.6 Å². The van der Waals surface area contributed by atoms with Crippen LogP contribution in [0.2, 0.25) is 5.02 Å². The van der Waals surface area contributed by atoms with E-state index in [4.69, 9.17) is 11.6 Å². The molecule has 3 rings (SSSR count). The lowest BCUT2D eigenvalue weighted by Crippen LogP contribution is -2.16. The maximum absolute atomic E-state index is 13.1. The molecule has 0 amide bonds. The van der Waals surface area contributed by atoms with E-state index in [9.17, 15) is 23.3 Å². The number of nitro groups is 1. The molecule has 0 N–H and O–H groups in total. The molecule has 0 aliphatic heterocycles. The molecule has 30 heavy (non-hydrogen) atoms. The average molecular weight is 442 g/mol. The first-order valence-electron chi connectivity index (χ1n) is 8.79. The minimum Gasteiger partial charge on any atom is -0.288 e. The van der Waals surface area contributed by atoms with Gasteiger partial charge in [0.15, 0.2) is 9.84 Å². The summed E-state index contributed by atoms with van der Waals surface area (Å²) >= 11 is 5.86. The Hall–Kier alpha value is -3.29. The van der Waals surface area contributed by atoms with Gasteiger partial charge in [-0.1, -0.05) is 54.1 Å². The van der Waals surface area contributed by atoms with E-state index in [1.807, 2.05) is 0 Å². The fourth-order valence-electron chi connectivity index (χ4n) is 2.75. The summed E-state index contributed by atoms with van der Waals surface area (Å²) in [4.78, 5) is 22.9. The first kappa shape index (κ1) is 21.4. The van der Waals surface area contributed by atoms with Crippen LogP contribution in [0, 0.1) is 10.1 Å². The second kappa shape index (κ2) is 9.02. The van der Waals surface area contributed by atoms with E-state index in [-0.39, 0.29) is 17.0 Å². The Labute approximate surface area is 178 Å². The third-order valence-electron chi connectivity index (χ3n) is 4.27. The molecule has 0 saturated heterocycles. The van der Waals surface area contributed by atoms with E-state index in [2.05, 4.69) is 0 Å². The van der Waals surface area contributed by atoms with E-state index in [1.165, 1.54) is 42.5 Å². The zero-order valence-corrected chi connectivity index (χ0v) is 17.1. The number of non-ortho nitro benzene ring substituents is 1. The second-order valence-corrected chi connectivity index (χ2v) is 8.83. The van der Waals surface area contributed by atoms with Crippen molar-refractivity contribution in [3.8, 4) is 0 Å². The van der Waals surface area contributed by atoms with E-state index >= 15 is 0 Å². The van der Waals surface area contributed by atoms with Crippen LogP contribution in [0.5, 0.6) is 0 Å². The van der Waals surface area contributed by atoms with Gasteiger partial charge in [0, 0.05) is 22.7 Å². The van der Waals surface area contributed by atoms with Gasteiger partial charge in [0.2, 0.25) is 5.78 Å². The van der Waals surface area contributed by atoms with E-state index < -0.39 is 25.4 Å². The van der Waals surface area contributed by atoms with Crippen molar-refractivity contribution in [1.82, 2.24) is 0 Å². The number of nitrogens with zero attached hydrogens (tertiary/aromatic N) is 1. The van der Waals surface area contributed by atoms with Gasteiger partial charge in [-0.15, -0.1) is 0 Å².